The van der Waals surface area contributed by atoms with Crippen LogP contribution in [0, 0.1) is 0 Å². The maximum absolute atomic E-state index is 13.1. The van der Waals surface area contributed by atoms with Crippen molar-refractivity contribution in [3.05, 3.63) is 34.7 Å². The van der Waals surface area contributed by atoms with Gasteiger partial charge >= 0.3 is 0 Å². The lowest BCUT2D eigenvalue weighted by Crippen LogP contribution is -2.42. The molecule has 3 aliphatic heterocycles. The third-order valence-electron chi connectivity index (χ3n) is 4.83. The molecule has 0 aromatic heterocycles. The maximum Gasteiger partial charge on any atom is 0.268 e. The van der Waals surface area contributed by atoms with Crippen molar-refractivity contribution >= 4 is 21.4 Å². The van der Waals surface area contributed by atoms with Crippen molar-refractivity contribution in [2.75, 3.05) is 39.4 Å². The third kappa shape index (κ3) is 2.34. The van der Waals surface area contributed by atoms with E-state index in [2.05, 4.69) is 4.90 Å². The number of sulfone groups is 1. The van der Waals surface area contributed by atoms with Gasteiger partial charge in [-0.2, -0.15) is 0 Å². The highest BCUT2D eigenvalue weighted by atomic mass is 32.2. The number of hydrogen-bond acceptors (Lipinski definition) is 5. The first-order valence-electron chi connectivity index (χ1n) is 8.31. The number of rotatable bonds is 2. The summed E-state index contributed by atoms with van der Waals surface area (Å²) >= 11 is 0. The molecule has 24 heavy (non-hydrogen) atoms. The second-order valence-electron chi connectivity index (χ2n) is 6.28. The first kappa shape index (κ1) is 15.7. The number of morpholine rings is 1. The van der Waals surface area contributed by atoms with Crippen molar-refractivity contribution in [2.45, 2.75) is 17.7 Å². The van der Waals surface area contributed by atoms with Gasteiger partial charge in [-0.05, 0) is 18.9 Å². The summed E-state index contributed by atoms with van der Waals surface area (Å²) in [5.74, 6) is -0.392. The molecule has 0 unspecified atom stereocenters. The summed E-state index contributed by atoms with van der Waals surface area (Å²) < 4.78 is 31.4. The van der Waals surface area contributed by atoms with Gasteiger partial charge in [0.25, 0.3) is 5.91 Å². The number of amides is 1. The van der Waals surface area contributed by atoms with E-state index in [9.17, 15) is 13.2 Å². The zero-order valence-corrected chi connectivity index (χ0v) is 14.2. The quantitative estimate of drug-likeness (QED) is 0.801. The molecule has 3 aliphatic rings. The summed E-state index contributed by atoms with van der Waals surface area (Å²) in [6.45, 7) is 3.34. The van der Waals surface area contributed by atoms with Crippen molar-refractivity contribution in [1.82, 2.24) is 9.80 Å². The highest BCUT2D eigenvalue weighted by Crippen LogP contribution is 2.42. The van der Waals surface area contributed by atoms with Gasteiger partial charge in [-0.25, -0.2) is 8.42 Å². The number of nitrogens with zero attached hydrogens (tertiary/aromatic N) is 2. The first-order valence-corrected chi connectivity index (χ1v) is 9.80. The summed E-state index contributed by atoms with van der Waals surface area (Å²) in [5.41, 5.74) is 1.26. The lowest BCUT2D eigenvalue weighted by molar-refractivity contribution is -0.130. The molecule has 4 rings (SSSR count). The molecule has 0 aliphatic carbocycles. The van der Waals surface area contributed by atoms with Crippen molar-refractivity contribution in [3.8, 4) is 0 Å². The van der Waals surface area contributed by atoms with Crippen molar-refractivity contribution in [1.29, 1.82) is 0 Å². The molecule has 0 bridgehead atoms. The second-order valence-corrected chi connectivity index (χ2v) is 8.13. The number of fused-ring (bicyclic) bond motifs is 1. The van der Waals surface area contributed by atoms with Gasteiger partial charge in [0.2, 0.25) is 9.84 Å². The Kier molecular flexibility index (Phi) is 3.85. The highest BCUT2D eigenvalue weighted by Gasteiger charge is 2.43. The van der Waals surface area contributed by atoms with E-state index in [-0.39, 0.29) is 9.80 Å². The van der Waals surface area contributed by atoms with Crippen LogP contribution >= 0.6 is 0 Å². The Morgan fingerprint density at radius 2 is 1.67 bits per heavy atom. The summed E-state index contributed by atoms with van der Waals surface area (Å²) in [6.07, 6.45) is 2.04. The predicted octanol–water partition coefficient (Wildman–Crippen LogP) is 1.10. The summed E-state index contributed by atoms with van der Waals surface area (Å²) in [4.78, 5) is 16.9. The molecule has 1 aromatic carbocycles. The Balaban J connectivity index is 1.86. The van der Waals surface area contributed by atoms with E-state index in [1.807, 2.05) is 6.07 Å². The average Bonchev–Trinajstić information content (AvgIpc) is 3.20. The normalized spacial score (nSPS) is 22.8. The van der Waals surface area contributed by atoms with Crippen LogP contribution < -0.4 is 0 Å². The second kappa shape index (κ2) is 5.89. The number of benzene rings is 1. The number of hydrogen-bond donors (Lipinski definition) is 0. The van der Waals surface area contributed by atoms with E-state index in [1.54, 1.807) is 23.1 Å². The van der Waals surface area contributed by atoms with E-state index in [0.29, 0.717) is 37.6 Å². The largest absolute Gasteiger partial charge is 0.378 e. The monoisotopic (exact) mass is 348 g/mol. The van der Waals surface area contributed by atoms with E-state index < -0.39 is 15.7 Å². The van der Waals surface area contributed by atoms with Crippen molar-refractivity contribution in [3.63, 3.8) is 0 Å². The summed E-state index contributed by atoms with van der Waals surface area (Å²) in [5, 5.41) is 0. The Morgan fingerprint density at radius 1 is 1.00 bits per heavy atom. The van der Waals surface area contributed by atoms with Crippen LogP contribution in [0.2, 0.25) is 0 Å². The van der Waals surface area contributed by atoms with E-state index in [0.717, 1.165) is 25.9 Å². The van der Waals surface area contributed by atoms with Crippen molar-refractivity contribution < 1.29 is 17.9 Å². The van der Waals surface area contributed by atoms with Crippen LogP contribution in [0.25, 0.3) is 5.70 Å². The SMILES string of the molecule is O=C(C1=C(N2CCCC2)c2ccccc2S1(=O)=O)N1CCOCC1. The molecule has 2 saturated heterocycles. The van der Waals surface area contributed by atoms with Gasteiger partial charge in [0, 0.05) is 31.7 Å². The molecule has 6 nitrogen and oxygen atoms in total. The molecule has 0 N–H and O–H groups in total. The van der Waals surface area contributed by atoms with Gasteiger partial charge < -0.3 is 14.5 Å². The third-order valence-corrected chi connectivity index (χ3v) is 6.67. The van der Waals surface area contributed by atoms with Crippen LogP contribution in [0.3, 0.4) is 0 Å². The van der Waals surface area contributed by atoms with E-state index in [4.69, 9.17) is 4.74 Å². The molecule has 3 heterocycles. The number of ether oxygens (including phenoxy) is 1. The average molecular weight is 348 g/mol. The highest BCUT2D eigenvalue weighted by molar-refractivity contribution is 7.97. The zero-order chi connectivity index (χ0) is 16.7. The zero-order valence-electron chi connectivity index (χ0n) is 13.4. The van der Waals surface area contributed by atoms with E-state index >= 15 is 0 Å². The van der Waals surface area contributed by atoms with Gasteiger partial charge in [-0.15, -0.1) is 0 Å². The predicted molar refractivity (Wildman–Crippen MR) is 88.8 cm³/mol. The summed E-state index contributed by atoms with van der Waals surface area (Å²) in [6, 6.07) is 6.94. The number of carbonyl (C=O) groups is 1. The van der Waals surface area contributed by atoms with Gasteiger partial charge in [-0.3, -0.25) is 4.79 Å². The Morgan fingerprint density at radius 3 is 2.38 bits per heavy atom. The lowest BCUT2D eigenvalue weighted by atomic mass is 10.1. The molecule has 0 spiro atoms. The fraction of sp³-hybridized carbons (Fsp3) is 0.471. The fourth-order valence-corrected chi connectivity index (χ4v) is 5.42. The molecule has 0 radical (unpaired) electrons. The van der Waals surface area contributed by atoms with Gasteiger partial charge in [0.05, 0.1) is 23.8 Å². The number of carbonyl (C=O) groups excluding carboxylic acids is 1. The minimum Gasteiger partial charge on any atom is -0.378 e. The van der Waals surface area contributed by atoms with Gasteiger partial charge in [0.15, 0.2) is 4.91 Å². The molecule has 1 amide bonds. The van der Waals surface area contributed by atoms with Gasteiger partial charge in [-0.1, -0.05) is 18.2 Å². The number of likely N-dealkylation sites (tertiary alicyclic amines) is 1. The molecule has 7 heteroatoms. The molecule has 128 valence electrons. The molecule has 1 aromatic rings. The summed E-state index contributed by atoms with van der Waals surface area (Å²) in [7, 11) is -3.78. The van der Waals surface area contributed by atoms with Crippen LogP contribution in [0.4, 0.5) is 0 Å². The Hall–Kier alpha value is -1.86. The van der Waals surface area contributed by atoms with Gasteiger partial charge in [0.1, 0.15) is 0 Å². The topological polar surface area (TPSA) is 66.9 Å². The fourth-order valence-electron chi connectivity index (χ4n) is 3.64. The minimum atomic E-state index is -3.78. The maximum atomic E-state index is 13.1. The Bertz CT molecular complexity index is 804. The smallest absolute Gasteiger partial charge is 0.268 e. The van der Waals surface area contributed by atoms with Crippen LogP contribution in [0.15, 0.2) is 34.1 Å². The first-order chi connectivity index (χ1) is 11.6. The molecule has 0 saturated carbocycles. The van der Waals surface area contributed by atoms with Crippen LogP contribution in [0.1, 0.15) is 18.4 Å². The minimum absolute atomic E-state index is 0.0486. The van der Waals surface area contributed by atoms with Crippen LogP contribution in [-0.2, 0) is 19.4 Å². The van der Waals surface area contributed by atoms with Crippen LogP contribution in [-0.4, -0.2) is 63.5 Å². The lowest BCUT2D eigenvalue weighted by Gasteiger charge is -2.28. The molecule has 0 atom stereocenters. The van der Waals surface area contributed by atoms with Crippen molar-refractivity contribution in [2.24, 2.45) is 0 Å². The standard InChI is InChI=1S/C17H20N2O4S/c20-17(19-9-11-23-12-10-19)16-15(18-7-3-4-8-18)13-5-1-2-6-14(13)24(16,21)22/h1-2,5-6H,3-4,7-12H2. The molecular formula is C17H20N2O4S. The van der Waals surface area contributed by atoms with E-state index in [1.165, 1.54) is 0 Å². The van der Waals surface area contributed by atoms with Crippen LogP contribution in [0.5, 0.6) is 0 Å². The molecule has 2 fully saturated rings. The molecular weight excluding hydrogens is 328 g/mol. The Labute approximate surface area is 141 Å².